The summed E-state index contributed by atoms with van der Waals surface area (Å²) in [6, 6.07) is 2.81. The van der Waals surface area contributed by atoms with Crippen LogP contribution in [0.4, 0.5) is 5.82 Å². The van der Waals surface area contributed by atoms with Crippen LogP contribution in [-0.2, 0) is 0 Å². The van der Waals surface area contributed by atoms with E-state index in [-0.39, 0.29) is 0 Å². The van der Waals surface area contributed by atoms with Gasteiger partial charge in [-0.2, -0.15) is 0 Å². The van der Waals surface area contributed by atoms with Gasteiger partial charge < -0.3 is 5.32 Å². The van der Waals surface area contributed by atoms with Gasteiger partial charge in [-0.05, 0) is 49.9 Å². The van der Waals surface area contributed by atoms with Crippen molar-refractivity contribution in [3.8, 4) is 0 Å². The van der Waals surface area contributed by atoms with Crippen LogP contribution in [0.5, 0.6) is 0 Å². The summed E-state index contributed by atoms with van der Waals surface area (Å²) in [5.41, 5.74) is 1.08. The van der Waals surface area contributed by atoms with E-state index in [1.54, 1.807) is 0 Å². The summed E-state index contributed by atoms with van der Waals surface area (Å²) >= 11 is 0. The Morgan fingerprint density at radius 3 is 2.47 bits per heavy atom. The molecule has 3 aliphatic carbocycles. The molecule has 4 rings (SSSR count). The first-order chi connectivity index (χ1) is 9.13. The van der Waals surface area contributed by atoms with Gasteiger partial charge in [0.2, 0.25) is 0 Å². The Hall–Kier alpha value is -1.12. The normalized spacial score (nSPS) is 38.6. The van der Waals surface area contributed by atoms with Crippen LogP contribution in [0.25, 0.3) is 0 Å². The summed E-state index contributed by atoms with van der Waals surface area (Å²) in [6.07, 6.45) is 4.46. The first kappa shape index (κ1) is 11.7. The molecule has 3 fully saturated rings. The SMILES string of the molecule is Cc1cc(NC2C3C4CCC(C4)C23)nc(C(C)C)n1. The van der Waals surface area contributed by atoms with E-state index in [9.17, 15) is 0 Å². The van der Waals surface area contributed by atoms with Gasteiger partial charge >= 0.3 is 0 Å². The standard InChI is InChI=1S/C16H23N3/c1-8(2)16-17-9(3)6-12(19-16)18-15-13-10-4-5-11(7-10)14(13)15/h6,8,10-11,13-15H,4-5,7H2,1-3H3,(H,17,18,19). The zero-order chi connectivity index (χ0) is 13.1. The summed E-state index contributed by atoms with van der Waals surface area (Å²) in [5, 5.41) is 3.70. The molecule has 0 radical (unpaired) electrons. The summed E-state index contributed by atoms with van der Waals surface area (Å²) in [6.45, 7) is 6.38. The summed E-state index contributed by atoms with van der Waals surface area (Å²) in [4.78, 5) is 9.21. The molecular weight excluding hydrogens is 234 g/mol. The number of aryl methyl sites for hydroxylation is 1. The van der Waals surface area contributed by atoms with Crippen molar-refractivity contribution in [3.63, 3.8) is 0 Å². The van der Waals surface area contributed by atoms with Crippen LogP contribution in [0, 0.1) is 30.6 Å². The van der Waals surface area contributed by atoms with Crippen molar-refractivity contribution in [1.29, 1.82) is 0 Å². The van der Waals surface area contributed by atoms with E-state index < -0.39 is 0 Å². The van der Waals surface area contributed by atoms with Crippen molar-refractivity contribution in [2.75, 3.05) is 5.32 Å². The first-order valence-corrected chi connectivity index (χ1v) is 7.75. The van der Waals surface area contributed by atoms with Gasteiger partial charge in [0.05, 0.1) is 0 Å². The lowest BCUT2D eigenvalue weighted by Gasteiger charge is -2.13. The van der Waals surface area contributed by atoms with Crippen LogP contribution >= 0.6 is 0 Å². The van der Waals surface area contributed by atoms with Crippen molar-refractivity contribution >= 4 is 5.82 Å². The lowest BCUT2D eigenvalue weighted by Crippen LogP contribution is -2.15. The Morgan fingerprint density at radius 2 is 1.84 bits per heavy atom. The molecule has 0 aromatic carbocycles. The molecule has 102 valence electrons. The maximum atomic E-state index is 4.69. The highest BCUT2D eigenvalue weighted by Crippen LogP contribution is 2.66. The lowest BCUT2D eigenvalue weighted by atomic mass is 10.0. The molecule has 3 saturated carbocycles. The molecule has 1 heterocycles. The molecule has 1 aromatic heterocycles. The minimum atomic E-state index is 0.398. The number of nitrogens with zero attached hydrogens (tertiary/aromatic N) is 2. The number of aromatic nitrogens is 2. The Balaban J connectivity index is 1.52. The third-order valence-corrected chi connectivity index (χ3v) is 5.44. The van der Waals surface area contributed by atoms with Crippen molar-refractivity contribution in [3.05, 3.63) is 17.6 Å². The Labute approximate surface area is 115 Å². The van der Waals surface area contributed by atoms with Crippen LogP contribution in [0.15, 0.2) is 6.07 Å². The number of fused-ring (bicyclic) bond motifs is 5. The number of hydrogen-bond donors (Lipinski definition) is 1. The topological polar surface area (TPSA) is 37.8 Å². The molecule has 0 amide bonds. The quantitative estimate of drug-likeness (QED) is 0.902. The molecule has 2 bridgehead atoms. The fraction of sp³-hybridized carbons (Fsp3) is 0.750. The van der Waals surface area contributed by atoms with Crippen molar-refractivity contribution in [1.82, 2.24) is 9.97 Å². The van der Waals surface area contributed by atoms with Crippen LogP contribution in [0.1, 0.15) is 50.5 Å². The molecule has 4 unspecified atom stereocenters. The van der Waals surface area contributed by atoms with E-state index in [1.807, 2.05) is 0 Å². The maximum Gasteiger partial charge on any atom is 0.133 e. The highest BCUT2D eigenvalue weighted by molar-refractivity contribution is 5.41. The van der Waals surface area contributed by atoms with E-state index in [2.05, 4.69) is 42.1 Å². The smallest absolute Gasteiger partial charge is 0.133 e. The zero-order valence-corrected chi connectivity index (χ0v) is 12.1. The van der Waals surface area contributed by atoms with Gasteiger partial charge in [-0.1, -0.05) is 13.8 Å². The van der Waals surface area contributed by atoms with Crippen LogP contribution in [-0.4, -0.2) is 16.0 Å². The summed E-state index contributed by atoms with van der Waals surface area (Å²) in [7, 11) is 0. The third kappa shape index (κ3) is 1.78. The zero-order valence-electron chi connectivity index (χ0n) is 12.1. The first-order valence-electron chi connectivity index (χ1n) is 7.75. The minimum absolute atomic E-state index is 0.398. The average Bonchev–Trinajstić information content (AvgIpc) is 2.77. The monoisotopic (exact) mass is 257 g/mol. The minimum Gasteiger partial charge on any atom is -0.367 e. The molecular formula is C16H23N3. The average molecular weight is 257 g/mol. The lowest BCUT2D eigenvalue weighted by molar-refractivity contribution is 0.456. The molecule has 3 heteroatoms. The van der Waals surface area contributed by atoms with E-state index in [0.29, 0.717) is 12.0 Å². The third-order valence-electron chi connectivity index (χ3n) is 5.44. The predicted molar refractivity (Wildman–Crippen MR) is 76.1 cm³/mol. The highest BCUT2D eigenvalue weighted by atomic mass is 15.1. The van der Waals surface area contributed by atoms with Gasteiger partial charge in [0.25, 0.3) is 0 Å². The Morgan fingerprint density at radius 1 is 1.16 bits per heavy atom. The fourth-order valence-electron chi connectivity index (χ4n) is 4.61. The van der Waals surface area contributed by atoms with Gasteiger partial charge in [0.15, 0.2) is 0 Å². The van der Waals surface area contributed by atoms with E-state index >= 15 is 0 Å². The maximum absolute atomic E-state index is 4.69. The molecule has 1 N–H and O–H groups in total. The van der Waals surface area contributed by atoms with E-state index in [1.165, 1.54) is 19.3 Å². The summed E-state index contributed by atoms with van der Waals surface area (Å²) < 4.78 is 0. The number of hydrogen-bond acceptors (Lipinski definition) is 3. The van der Waals surface area contributed by atoms with Gasteiger partial charge in [0.1, 0.15) is 11.6 Å². The van der Waals surface area contributed by atoms with Crippen LogP contribution < -0.4 is 5.32 Å². The molecule has 3 aliphatic rings. The molecule has 1 aromatic rings. The van der Waals surface area contributed by atoms with Gasteiger partial charge in [-0.15, -0.1) is 0 Å². The molecule has 3 nitrogen and oxygen atoms in total. The molecule has 0 saturated heterocycles. The van der Waals surface area contributed by atoms with Crippen LogP contribution in [0.2, 0.25) is 0 Å². The second-order valence-electron chi connectivity index (χ2n) is 7.07. The molecule has 19 heavy (non-hydrogen) atoms. The van der Waals surface area contributed by atoms with E-state index in [4.69, 9.17) is 0 Å². The van der Waals surface area contributed by atoms with Crippen molar-refractivity contribution < 1.29 is 0 Å². The Kier molecular flexibility index (Phi) is 2.42. The van der Waals surface area contributed by atoms with Crippen molar-refractivity contribution in [2.45, 2.75) is 52.0 Å². The number of nitrogens with one attached hydrogen (secondary N) is 1. The predicted octanol–water partition coefficient (Wildman–Crippen LogP) is 3.36. The molecule has 0 aliphatic heterocycles. The number of anilines is 1. The molecule has 4 atom stereocenters. The van der Waals surface area contributed by atoms with Crippen molar-refractivity contribution in [2.24, 2.45) is 23.7 Å². The van der Waals surface area contributed by atoms with Gasteiger partial charge in [0, 0.05) is 23.7 Å². The Bertz CT molecular complexity index is 495. The number of rotatable bonds is 3. The van der Waals surface area contributed by atoms with Gasteiger partial charge in [-0.25, -0.2) is 9.97 Å². The highest BCUT2D eigenvalue weighted by Gasteiger charge is 2.65. The second kappa shape index (κ2) is 3.94. The largest absolute Gasteiger partial charge is 0.367 e. The van der Waals surface area contributed by atoms with E-state index in [0.717, 1.165) is 41.0 Å². The summed E-state index contributed by atoms with van der Waals surface area (Å²) in [5.74, 6) is 6.36. The second-order valence-corrected chi connectivity index (χ2v) is 7.07. The molecule has 0 spiro atoms. The fourth-order valence-corrected chi connectivity index (χ4v) is 4.61. The van der Waals surface area contributed by atoms with Crippen LogP contribution in [0.3, 0.4) is 0 Å². The van der Waals surface area contributed by atoms with Gasteiger partial charge in [-0.3, -0.25) is 0 Å².